The molecule has 2 unspecified atom stereocenters. The average Bonchev–Trinajstić information content (AvgIpc) is 2.84. The Kier molecular flexibility index (Phi) is 5.82. The van der Waals surface area contributed by atoms with Crippen LogP contribution in [0.4, 0.5) is 0 Å². The van der Waals surface area contributed by atoms with Gasteiger partial charge in [-0.2, -0.15) is 0 Å². The molecule has 6 heteroatoms. The summed E-state index contributed by atoms with van der Waals surface area (Å²) >= 11 is 1.31. The predicted molar refractivity (Wildman–Crippen MR) is 88.0 cm³/mol. The summed E-state index contributed by atoms with van der Waals surface area (Å²) < 4.78 is 28.3. The third kappa shape index (κ3) is 4.77. The highest BCUT2D eigenvalue weighted by molar-refractivity contribution is 7.91. The largest absolute Gasteiger partial charge is 0.313 e. The third-order valence-electron chi connectivity index (χ3n) is 3.97. The van der Waals surface area contributed by atoms with Gasteiger partial charge in [-0.15, -0.1) is 11.3 Å². The molecule has 1 fully saturated rings. The van der Waals surface area contributed by atoms with Crippen molar-refractivity contribution in [3.05, 3.63) is 17.0 Å². The molecule has 0 spiro atoms. The Morgan fingerprint density at radius 2 is 1.90 bits per heavy atom. The minimum absolute atomic E-state index is 0.0769. The van der Waals surface area contributed by atoms with Gasteiger partial charge in [0.15, 0.2) is 0 Å². The third-order valence-corrected chi connectivity index (χ3v) is 6.98. The molecule has 1 heterocycles. The van der Waals surface area contributed by atoms with Gasteiger partial charge in [-0.25, -0.2) is 13.1 Å². The molecule has 0 saturated heterocycles. The number of nitrogens with one attached hydrogen (secondary N) is 2. The van der Waals surface area contributed by atoms with E-state index < -0.39 is 10.0 Å². The second kappa shape index (κ2) is 7.22. The van der Waals surface area contributed by atoms with Crippen LogP contribution in [-0.4, -0.2) is 21.0 Å². The Balaban J connectivity index is 2.02. The molecule has 1 aromatic heterocycles. The number of hydrogen-bond acceptors (Lipinski definition) is 4. The molecule has 4 nitrogen and oxygen atoms in total. The van der Waals surface area contributed by atoms with Crippen LogP contribution in [-0.2, 0) is 16.6 Å². The first kappa shape index (κ1) is 16.9. The normalized spacial score (nSPS) is 26.9. The summed E-state index contributed by atoms with van der Waals surface area (Å²) in [6, 6.07) is 1.86. The SMILES string of the molecule is CCNCc1csc(S(=O)(=O)NC2CC(C)CC(C)C2)c1. The minimum Gasteiger partial charge on any atom is -0.313 e. The maximum atomic E-state index is 12.5. The van der Waals surface area contributed by atoms with Gasteiger partial charge in [-0.05, 0) is 54.7 Å². The molecule has 0 aromatic carbocycles. The van der Waals surface area contributed by atoms with Gasteiger partial charge >= 0.3 is 0 Å². The van der Waals surface area contributed by atoms with E-state index in [1.54, 1.807) is 6.07 Å². The Morgan fingerprint density at radius 3 is 2.52 bits per heavy atom. The van der Waals surface area contributed by atoms with Crippen LogP contribution in [0, 0.1) is 11.8 Å². The predicted octanol–water partition coefficient (Wildman–Crippen LogP) is 2.96. The molecule has 0 amide bonds. The van der Waals surface area contributed by atoms with Crippen molar-refractivity contribution in [2.24, 2.45) is 11.8 Å². The minimum atomic E-state index is -3.37. The van der Waals surface area contributed by atoms with E-state index >= 15 is 0 Å². The van der Waals surface area contributed by atoms with Gasteiger partial charge in [0, 0.05) is 12.6 Å². The van der Waals surface area contributed by atoms with E-state index in [0.717, 1.165) is 31.5 Å². The van der Waals surface area contributed by atoms with Crippen molar-refractivity contribution in [1.29, 1.82) is 0 Å². The molecule has 120 valence electrons. The van der Waals surface area contributed by atoms with Gasteiger partial charge in [0.05, 0.1) is 0 Å². The van der Waals surface area contributed by atoms with Gasteiger partial charge in [-0.3, -0.25) is 0 Å². The molecule has 1 aliphatic rings. The number of thiophene rings is 1. The summed E-state index contributed by atoms with van der Waals surface area (Å²) in [5.41, 5.74) is 1.03. The quantitative estimate of drug-likeness (QED) is 0.843. The van der Waals surface area contributed by atoms with E-state index in [2.05, 4.69) is 23.9 Å². The van der Waals surface area contributed by atoms with Crippen LogP contribution in [0.1, 0.15) is 45.6 Å². The maximum absolute atomic E-state index is 12.5. The first-order valence-electron chi connectivity index (χ1n) is 7.71. The molecule has 0 aliphatic heterocycles. The Labute approximate surface area is 132 Å². The summed E-state index contributed by atoms with van der Waals surface area (Å²) in [5, 5.41) is 5.13. The fourth-order valence-electron chi connectivity index (χ4n) is 3.18. The zero-order valence-electron chi connectivity index (χ0n) is 13.1. The molecule has 1 aliphatic carbocycles. The van der Waals surface area contributed by atoms with E-state index in [1.165, 1.54) is 17.8 Å². The zero-order valence-corrected chi connectivity index (χ0v) is 14.7. The fourth-order valence-corrected chi connectivity index (χ4v) is 5.66. The zero-order chi connectivity index (χ0) is 15.5. The maximum Gasteiger partial charge on any atom is 0.250 e. The topological polar surface area (TPSA) is 58.2 Å². The fraction of sp³-hybridized carbons (Fsp3) is 0.733. The van der Waals surface area contributed by atoms with E-state index in [0.29, 0.717) is 16.0 Å². The molecule has 2 rings (SSSR count). The molecule has 21 heavy (non-hydrogen) atoms. The van der Waals surface area contributed by atoms with Crippen LogP contribution in [0.3, 0.4) is 0 Å². The second-order valence-electron chi connectivity index (χ2n) is 6.29. The molecule has 2 atom stereocenters. The first-order chi connectivity index (χ1) is 9.90. The van der Waals surface area contributed by atoms with Crippen LogP contribution < -0.4 is 10.0 Å². The lowest BCUT2D eigenvalue weighted by atomic mass is 9.81. The van der Waals surface area contributed by atoms with E-state index in [1.807, 2.05) is 12.3 Å². The highest BCUT2D eigenvalue weighted by Gasteiger charge is 2.28. The molecule has 2 N–H and O–H groups in total. The van der Waals surface area contributed by atoms with E-state index in [9.17, 15) is 8.42 Å². The number of rotatable bonds is 6. The van der Waals surface area contributed by atoms with Gasteiger partial charge < -0.3 is 5.32 Å². The smallest absolute Gasteiger partial charge is 0.250 e. The second-order valence-corrected chi connectivity index (χ2v) is 9.14. The first-order valence-corrected chi connectivity index (χ1v) is 10.1. The summed E-state index contributed by atoms with van der Waals surface area (Å²) in [7, 11) is -3.37. The van der Waals surface area contributed by atoms with Crippen molar-refractivity contribution >= 4 is 21.4 Å². The van der Waals surface area contributed by atoms with Crippen LogP contribution in [0.5, 0.6) is 0 Å². The monoisotopic (exact) mass is 330 g/mol. The van der Waals surface area contributed by atoms with Gasteiger partial charge in [0.2, 0.25) is 10.0 Å². The van der Waals surface area contributed by atoms with Crippen molar-refractivity contribution < 1.29 is 8.42 Å². The highest BCUT2D eigenvalue weighted by Crippen LogP contribution is 2.30. The lowest BCUT2D eigenvalue weighted by Gasteiger charge is -2.31. The standard InChI is InChI=1S/C15H26N2O2S2/c1-4-16-9-13-8-15(20-10-13)21(18,19)17-14-6-11(2)5-12(3)7-14/h8,10-12,14,16-17H,4-7,9H2,1-3H3. The van der Waals surface area contributed by atoms with Crippen LogP contribution >= 0.6 is 11.3 Å². The van der Waals surface area contributed by atoms with Gasteiger partial charge in [-0.1, -0.05) is 20.8 Å². The molecule has 0 bridgehead atoms. The summed E-state index contributed by atoms with van der Waals surface area (Å²) in [5.74, 6) is 1.18. The Hall–Kier alpha value is -0.430. The number of hydrogen-bond donors (Lipinski definition) is 2. The van der Waals surface area contributed by atoms with E-state index in [-0.39, 0.29) is 6.04 Å². The van der Waals surface area contributed by atoms with Gasteiger partial charge in [0.1, 0.15) is 4.21 Å². The summed E-state index contributed by atoms with van der Waals surface area (Å²) in [6.45, 7) is 8.05. The van der Waals surface area contributed by atoms with Gasteiger partial charge in [0.25, 0.3) is 0 Å². The van der Waals surface area contributed by atoms with Crippen molar-refractivity contribution in [1.82, 2.24) is 10.0 Å². The van der Waals surface area contributed by atoms with Crippen molar-refractivity contribution in [2.45, 2.75) is 56.8 Å². The lowest BCUT2D eigenvalue weighted by molar-refractivity contribution is 0.258. The number of sulfonamides is 1. The van der Waals surface area contributed by atoms with Crippen LogP contribution in [0.2, 0.25) is 0 Å². The van der Waals surface area contributed by atoms with Crippen LogP contribution in [0.25, 0.3) is 0 Å². The average molecular weight is 331 g/mol. The molecular formula is C15H26N2O2S2. The van der Waals surface area contributed by atoms with E-state index in [4.69, 9.17) is 0 Å². The van der Waals surface area contributed by atoms with Crippen molar-refractivity contribution in [3.63, 3.8) is 0 Å². The van der Waals surface area contributed by atoms with Crippen molar-refractivity contribution in [2.75, 3.05) is 6.54 Å². The summed E-state index contributed by atoms with van der Waals surface area (Å²) in [4.78, 5) is 0. The lowest BCUT2D eigenvalue weighted by Crippen LogP contribution is -2.39. The van der Waals surface area contributed by atoms with Crippen LogP contribution in [0.15, 0.2) is 15.7 Å². The summed E-state index contributed by atoms with van der Waals surface area (Å²) in [6.07, 6.45) is 3.09. The Bertz CT molecular complexity index is 544. The highest BCUT2D eigenvalue weighted by atomic mass is 32.2. The Morgan fingerprint density at radius 1 is 1.24 bits per heavy atom. The molecule has 0 radical (unpaired) electrons. The van der Waals surface area contributed by atoms with Crippen molar-refractivity contribution in [3.8, 4) is 0 Å². The molecular weight excluding hydrogens is 304 g/mol. The molecule has 1 aromatic rings. The molecule has 1 saturated carbocycles.